The Morgan fingerprint density at radius 3 is 2.89 bits per heavy atom. The Balaban J connectivity index is 2.28. The van der Waals surface area contributed by atoms with Gasteiger partial charge in [-0.25, -0.2) is 13.6 Å². The summed E-state index contributed by atoms with van der Waals surface area (Å²) in [7, 11) is 0. The van der Waals surface area contributed by atoms with Gasteiger partial charge < -0.3 is 20.6 Å². The zero-order valence-corrected chi connectivity index (χ0v) is 9.17. The summed E-state index contributed by atoms with van der Waals surface area (Å²) in [6.45, 7) is -2.02. The number of anilines is 2. The van der Waals surface area contributed by atoms with Crippen LogP contribution in [0.2, 0.25) is 0 Å². The third-order valence-electron chi connectivity index (χ3n) is 2.36. The number of halogens is 2. The highest BCUT2D eigenvalue weighted by molar-refractivity contribution is 5.85. The number of fused-ring (bicyclic) bond motifs is 1. The van der Waals surface area contributed by atoms with E-state index in [2.05, 4.69) is 10.3 Å². The minimum absolute atomic E-state index is 0.166. The third-order valence-corrected chi connectivity index (χ3v) is 2.36. The highest BCUT2D eigenvalue weighted by atomic mass is 19.3. The van der Waals surface area contributed by atoms with Gasteiger partial charge in [0.15, 0.2) is 5.58 Å². The van der Waals surface area contributed by atoms with Gasteiger partial charge in [-0.2, -0.15) is 0 Å². The van der Waals surface area contributed by atoms with E-state index in [9.17, 15) is 13.6 Å². The fourth-order valence-electron chi connectivity index (χ4n) is 1.45. The normalized spacial score (nSPS) is 11.9. The molecule has 0 fully saturated rings. The molecule has 18 heavy (non-hydrogen) atoms. The first-order chi connectivity index (χ1) is 8.41. The molecular weight excluding hydrogens is 248 g/mol. The molecule has 0 saturated heterocycles. The third kappa shape index (κ3) is 2.43. The standard InChI is InChI=1S/C10H11F2N3O3/c11-10(12,4-16)3-14-6-2-7-8(1-5(6)13)18-9(17)15-7/h1-2,14,16H,3-4,13H2,(H,15,17). The maximum atomic E-state index is 12.9. The van der Waals surface area contributed by atoms with Crippen LogP contribution in [0, 0.1) is 0 Å². The number of H-pyrrole nitrogens is 1. The zero-order valence-electron chi connectivity index (χ0n) is 9.17. The Labute approximate surface area is 99.4 Å². The molecule has 0 unspecified atom stereocenters. The lowest BCUT2D eigenvalue weighted by molar-refractivity contribution is -0.0372. The molecule has 0 amide bonds. The maximum absolute atomic E-state index is 12.9. The Bertz CT molecular complexity index is 620. The summed E-state index contributed by atoms with van der Waals surface area (Å²) in [5.74, 6) is -3.90. The van der Waals surface area contributed by atoms with E-state index < -0.39 is 24.8 Å². The van der Waals surface area contributed by atoms with Crippen molar-refractivity contribution in [3.63, 3.8) is 0 Å². The van der Waals surface area contributed by atoms with Gasteiger partial charge in [0.25, 0.3) is 5.92 Å². The second-order valence-corrected chi connectivity index (χ2v) is 3.82. The van der Waals surface area contributed by atoms with Crippen LogP contribution in [0.15, 0.2) is 21.3 Å². The summed E-state index contributed by atoms with van der Waals surface area (Å²) < 4.78 is 30.5. The van der Waals surface area contributed by atoms with E-state index in [0.717, 1.165) is 0 Å². The number of oxazole rings is 1. The van der Waals surface area contributed by atoms with Crippen molar-refractivity contribution in [2.75, 3.05) is 24.2 Å². The molecule has 2 rings (SSSR count). The van der Waals surface area contributed by atoms with Crippen LogP contribution < -0.4 is 16.8 Å². The molecule has 98 valence electrons. The SMILES string of the molecule is Nc1cc2oc(=O)[nH]c2cc1NCC(F)(F)CO. The number of benzene rings is 1. The number of aliphatic hydroxyl groups is 1. The number of alkyl halides is 2. The minimum Gasteiger partial charge on any atom is -0.408 e. The summed E-state index contributed by atoms with van der Waals surface area (Å²) in [5.41, 5.74) is 6.61. The van der Waals surface area contributed by atoms with Crippen molar-refractivity contribution in [3.8, 4) is 0 Å². The molecule has 0 spiro atoms. The Hall–Kier alpha value is -2.09. The summed E-state index contributed by atoms with van der Waals surface area (Å²) in [6, 6.07) is 2.75. The molecule has 0 bridgehead atoms. The van der Waals surface area contributed by atoms with E-state index in [-0.39, 0.29) is 17.0 Å². The largest absolute Gasteiger partial charge is 0.417 e. The summed E-state index contributed by atoms with van der Waals surface area (Å²) in [4.78, 5) is 13.3. The molecule has 5 N–H and O–H groups in total. The fraction of sp³-hybridized carbons (Fsp3) is 0.300. The van der Waals surface area contributed by atoms with Crippen molar-refractivity contribution < 1.29 is 18.3 Å². The van der Waals surface area contributed by atoms with E-state index >= 15 is 0 Å². The number of hydrogen-bond donors (Lipinski definition) is 4. The minimum atomic E-state index is -3.24. The number of nitrogens with two attached hydrogens (primary N) is 1. The van der Waals surface area contributed by atoms with Crippen LogP contribution in [0.1, 0.15) is 0 Å². The van der Waals surface area contributed by atoms with Gasteiger partial charge >= 0.3 is 5.76 Å². The van der Waals surface area contributed by atoms with Crippen molar-refractivity contribution in [1.82, 2.24) is 4.98 Å². The summed E-state index contributed by atoms with van der Waals surface area (Å²) >= 11 is 0. The lowest BCUT2D eigenvalue weighted by Gasteiger charge is -2.15. The van der Waals surface area contributed by atoms with Gasteiger partial charge in [0, 0.05) is 6.07 Å². The molecule has 8 heteroatoms. The monoisotopic (exact) mass is 259 g/mol. The second-order valence-electron chi connectivity index (χ2n) is 3.82. The molecule has 6 nitrogen and oxygen atoms in total. The first kappa shape index (κ1) is 12.4. The van der Waals surface area contributed by atoms with Crippen LogP contribution in [0.5, 0.6) is 0 Å². The first-order valence-electron chi connectivity index (χ1n) is 5.06. The van der Waals surface area contributed by atoms with Crippen LogP contribution in [-0.4, -0.2) is 29.2 Å². The number of aromatic nitrogens is 1. The van der Waals surface area contributed by atoms with Gasteiger partial charge in [0.05, 0.1) is 23.4 Å². The van der Waals surface area contributed by atoms with Crippen molar-refractivity contribution in [1.29, 1.82) is 0 Å². The fourth-order valence-corrected chi connectivity index (χ4v) is 1.45. The number of hydrogen-bond acceptors (Lipinski definition) is 5. The predicted molar refractivity (Wildman–Crippen MR) is 61.8 cm³/mol. The van der Waals surface area contributed by atoms with Crippen molar-refractivity contribution in [2.24, 2.45) is 0 Å². The van der Waals surface area contributed by atoms with Gasteiger partial charge in [-0.05, 0) is 6.07 Å². The Morgan fingerprint density at radius 1 is 1.50 bits per heavy atom. The molecule has 0 radical (unpaired) electrons. The Morgan fingerprint density at radius 2 is 2.22 bits per heavy atom. The molecule has 0 aliphatic heterocycles. The van der Waals surface area contributed by atoms with Gasteiger partial charge in [-0.3, -0.25) is 4.98 Å². The zero-order chi connectivity index (χ0) is 13.3. The van der Waals surface area contributed by atoms with Crippen LogP contribution in [0.3, 0.4) is 0 Å². The molecule has 0 aliphatic carbocycles. The average Bonchev–Trinajstić information content (AvgIpc) is 2.65. The number of rotatable bonds is 4. The van der Waals surface area contributed by atoms with Crippen LogP contribution >= 0.6 is 0 Å². The molecule has 0 saturated carbocycles. The summed E-state index contributed by atoms with van der Waals surface area (Å²) in [6.07, 6.45) is 0. The first-order valence-corrected chi connectivity index (χ1v) is 5.06. The molecule has 1 aromatic heterocycles. The Kier molecular flexibility index (Phi) is 2.95. The quantitative estimate of drug-likeness (QED) is 0.606. The molecule has 0 aliphatic rings. The van der Waals surface area contributed by atoms with Gasteiger partial charge in [-0.15, -0.1) is 0 Å². The maximum Gasteiger partial charge on any atom is 0.417 e. The molecular formula is C10H11F2N3O3. The predicted octanol–water partition coefficient (Wildman–Crippen LogP) is 0.743. The molecule has 1 aromatic carbocycles. The number of nitrogen functional groups attached to an aromatic ring is 1. The van der Waals surface area contributed by atoms with Crippen LogP contribution in [0.4, 0.5) is 20.2 Å². The highest BCUT2D eigenvalue weighted by Crippen LogP contribution is 2.25. The lowest BCUT2D eigenvalue weighted by Crippen LogP contribution is -2.31. The average molecular weight is 259 g/mol. The second kappa shape index (κ2) is 4.30. The van der Waals surface area contributed by atoms with Crippen molar-refractivity contribution >= 4 is 22.5 Å². The van der Waals surface area contributed by atoms with E-state index in [1.807, 2.05) is 0 Å². The van der Waals surface area contributed by atoms with Gasteiger partial charge in [0.2, 0.25) is 0 Å². The molecule has 1 heterocycles. The number of aromatic amines is 1. The van der Waals surface area contributed by atoms with Crippen LogP contribution in [0.25, 0.3) is 11.1 Å². The van der Waals surface area contributed by atoms with Gasteiger partial charge in [-0.1, -0.05) is 0 Å². The highest BCUT2D eigenvalue weighted by Gasteiger charge is 2.27. The topological polar surface area (TPSA) is 104 Å². The van der Waals surface area contributed by atoms with E-state index in [1.165, 1.54) is 12.1 Å². The lowest BCUT2D eigenvalue weighted by atomic mass is 10.2. The molecule has 0 atom stereocenters. The molecule has 2 aromatic rings. The summed E-state index contributed by atoms with van der Waals surface area (Å²) in [5, 5.41) is 10.8. The number of nitrogens with one attached hydrogen (secondary N) is 2. The van der Waals surface area contributed by atoms with E-state index in [1.54, 1.807) is 0 Å². The van der Waals surface area contributed by atoms with Gasteiger partial charge in [0.1, 0.15) is 6.61 Å². The van der Waals surface area contributed by atoms with Crippen LogP contribution in [-0.2, 0) is 0 Å². The smallest absolute Gasteiger partial charge is 0.408 e. The number of aliphatic hydroxyl groups excluding tert-OH is 1. The van der Waals surface area contributed by atoms with Crippen molar-refractivity contribution in [3.05, 3.63) is 22.7 Å². The van der Waals surface area contributed by atoms with Crippen molar-refractivity contribution in [2.45, 2.75) is 5.92 Å². The van der Waals surface area contributed by atoms with E-state index in [4.69, 9.17) is 15.3 Å². The van der Waals surface area contributed by atoms with E-state index in [0.29, 0.717) is 5.52 Å².